The molecule has 1 aliphatic rings. The van der Waals surface area contributed by atoms with Gasteiger partial charge in [-0.05, 0) is 20.8 Å². The largest absolute Gasteiger partial charge is 0.311 e. The molecule has 3 unspecified atom stereocenters. The average Bonchev–Trinajstić information content (AvgIpc) is 2.05. The van der Waals surface area contributed by atoms with E-state index in [0.29, 0.717) is 6.04 Å². The van der Waals surface area contributed by atoms with E-state index in [1.807, 2.05) is 25.7 Å². The molecule has 78 valence electrons. The second-order valence-electron chi connectivity index (χ2n) is 3.87. The van der Waals surface area contributed by atoms with Crippen molar-refractivity contribution in [2.24, 2.45) is 0 Å². The topological polar surface area (TPSA) is 15.3 Å². The molecule has 0 aromatic heterocycles. The van der Waals surface area contributed by atoms with E-state index in [2.05, 4.69) is 5.32 Å². The smallest absolute Gasteiger partial charge is 0.251 e. The van der Waals surface area contributed by atoms with Crippen molar-refractivity contribution in [3.63, 3.8) is 0 Å². The summed E-state index contributed by atoms with van der Waals surface area (Å²) in [5.74, 6) is 0. The van der Waals surface area contributed by atoms with Gasteiger partial charge in [0.25, 0.3) is 6.43 Å². The van der Waals surface area contributed by atoms with Gasteiger partial charge in [-0.2, -0.15) is 0 Å². The number of halogens is 2. The van der Waals surface area contributed by atoms with Crippen molar-refractivity contribution in [3.05, 3.63) is 0 Å². The first-order chi connectivity index (χ1) is 6.02. The van der Waals surface area contributed by atoms with Crippen LogP contribution >= 0.6 is 0 Å². The van der Waals surface area contributed by atoms with Crippen LogP contribution in [0.5, 0.6) is 0 Å². The lowest BCUT2D eigenvalue weighted by molar-refractivity contribution is 0.0194. The summed E-state index contributed by atoms with van der Waals surface area (Å²) in [4.78, 5) is 1.88. The van der Waals surface area contributed by atoms with E-state index < -0.39 is 6.43 Å². The van der Waals surface area contributed by atoms with Crippen LogP contribution in [0.15, 0.2) is 0 Å². The Labute approximate surface area is 78.3 Å². The zero-order chi connectivity index (χ0) is 10.0. The fourth-order valence-electron chi connectivity index (χ4n) is 1.84. The van der Waals surface area contributed by atoms with Gasteiger partial charge in [0.15, 0.2) is 0 Å². The lowest BCUT2D eigenvalue weighted by Crippen LogP contribution is -2.60. The molecule has 13 heavy (non-hydrogen) atoms. The monoisotopic (exact) mass is 192 g/mol. The number of hydrogen-bond donors (Lipinski definition) is 1. The lowest BCUT2D eigenvalue weighted by atomic mass is 10.0. The molecule has 0 saturated carbocycles. The van der Waals surface area contributed by atoms with Gasteiger partial charge in [-0.15, -0.1) is 0 Å². The van der Waals surface area contributed by atoms with Gasteiger partial charge in [0.1, 0.15) is 0 Å². The molecule has 4 heteroatoms. The van der Waals surface area contributed by atoms with Crippen LogP contribution in [0.1, 0.15) is 20.8 Å². The minimum Gasteiger partial charge on any atom is -0.311 e. The summed E-state index contributed by atoms with van der Waals surface area (Å²) in [6.45, 7) is 6.72. The molecule has 1 N–H and O–H groups in total. The first kappa shape index (κ1) is 10.9. The van der Waals surface area contributed by atoms with E-state index in [1.54, 1.807) is 0 Å². The van der Waals surface area contributed by atoms with Crippen LogP contribution < -0.4 is 5.32 Å². The van der Waals surface area contributed by atoms with Crippen molar-refractivity contribution in [1.29, 1.82) is 0 Å². The first-order valence-electron chi connectivity index (χ1n) is 4.79. The average molecular weight is 192 g/mol. The number of hydrogen-bond acceptors (Lipinski definition) is 2. The Kier molecular flexibility index (Phi) is 3.62. The highest BCUT2D eigenvalue weighted by Gasteiger charge is 2.30. The van der Waals surface area contributed by atoms with E-state index in [0.717, 1.165) is 6.54 Å². The maximum Gasteiger partial charge on any atom is 0.251 e. The third-order valence-electron chi connectivity index (χ3n) is 2.90. The van der Waals surface area contributed by atoms with Crippen molar-refractivity contribution in [2.75, 3.05) is 13.1 Å². The van der Waals surface area contributed by atoms with Gasteiger partial charge >= 0.3 is 0 Å². The minimum absolute atomic E-state index is 0.103. The van der Waals surface area contributed by atoms with Crippen LogP contribution in [-0.2, 0) is 0 Å². The van der Waals surface area contributed by atoms with Crippen LogP contribution in [0.25, 0.3) is 0 Å². The molecule has 1 fully saturated rings. The number of alkyl halides is 2. The third kappa shape index (κ3) is 2.61. The second-order valence-corrected chi connectivity index (χ2v) is 3.87. The molecule has 2 nitrogen and oxygen atoms in total. The SMILES string of the molecule is CC1NCC(C)N(CC(F)F)C1C. The Morgan fingerprint density at radius 2 is 2.00 bits per heavy atom. The molecule has 1 saturated heterocycles. The molecular formula is C9H18F2N2. The lowest BCUT2D eigenvalue weighted by Gasteiger charge is -2.43. The zero-order valence-electron chi connectivity index (χ0n) is 8.43. The van der Waals surface area contributed by atoms with Gasteiger partial charge < -0.3 is 5.32 Å². The Bertz CT molecular complexity index is 164. The van der Waals surface area contributed by atoms with Gasteiger partial charge in [0, 0.05) is 24.7 Å². The van der Waals surface area contributed by atoms with E-state index in [9.17, 15) is 8.78 Å². The third-order valence-corrected chi connectivity index (χ3v) is 2.90. The highest BCUT2D eigenvalue weighted by molar-refractivity contribution is 4.88. The summed E-state index contributed by atoms with van der Waals surface area (Å²) < 4.78 is 24.5. The molecule has 1 rings (SSSR count). The number of rotatable bonds is 2. The van der Waals surface area contributed by atoms with Gasteiger partial charge in [-0.25, -0.2) is 8.78 Å². The Hall–Kier alpha value is -0.220. The predicted molar refractivity (Wildman–Crippen MR) is 49.1 cm³/mol. The van der Waals surface area contributed by atoms with E-state index >= 15 is 0 Å². The fourth-order valence-corrected chi connectivity index (χ4v) is 1.84. The van der Waals surface area contributed by atoms with Gasteiger partial charge in [-0.3, -0.25) is 4.90 Å². The van der Waals surface area contributed by atoms with E-state index in [4.69, 9.17) is 0 Å². The van der Waals surface area contributed by atoms with E-state index in [-0.39, 0.29) is 18.6 Å². The normalized spacial score (nSPS) is 36.9. The maximum absolute atomic E-state index is 12.2. The molecule has 0 radical (unpaired) electrons. The second kappa shape index (κ2) is 4.33. The number of nitrogens with one attached hydrogen (secondary N) is 1. The molecule has 0 amide bonds. The summed E-state index contributed by atoms with van der Waals surface area (Å²) >= 11 is 0. The van der Waals surface area contributed by atoms with Crippen LogP contribution in [0.2, 0.25) is 0 Å². The van der Waals surface area contributed by atoms with Crippen molar-refractivity contribution in [3.8, 4) is 0 Å². The predicted octanol–water partition coefficient (Wildman–Crippen LogP) is 1.32. The van der Waals surface area contributed by atoms with Gasteiger partial charge in [0.2, 0.25) is 0 Å². The number of piperazine rings is 1. The molecule has 0 aliphatic carbocycles. The molecular weight excluding hydrogens is 174 g/mol. The molecule has 0 aromatic carbocycles. The van der Waals surface area contributed by atoms with Crippen molar-refractivity contribution in [2.45, 2.75) is 45.3 Å². The fraction of sp³-hybridized carbons (Fsp3) is 1.00. The molecule has 0 aromatic rings. The summed E-state index contributed by atoms with van der Waals surface area (Å²) in [7, 11) is 0. The van der Waals surface area contributed by atoms with Crippen molar-refractivity contribution < 1.29 is 8.78 Å². The van der Waals surface area contributed by atoms with Crippen LogP contribution in [0.3, 0.4) is 0 Å². The van der Waals surface area contributed by atoms with Crippen molar-refractivity contribution >= 4 is 0 Å². The quantitative estimate of drug-likeness (QED) is 0.710. The molecule has 1 aliphatic heterocycles. The standard InChI is InChI=1S/C9H18F2N2/c1-6-4-12-7(2)8(3)13(6)5-9(10)11/h6-9,12H,4-5H2,1-3H3. The zero-order valence-corrected chi connectivity index (χ0v) is 8.43. The molecule has 0 bridgehead atoms. The first-order valence-corrected chi connectivity index (χ1v) is 4.79. The minimum atomic E-state index is -2.23. The molecule has 3 atom stereocenters. The number of nitrogens with zero attached hydrogens (tertiary/aromatic N) is 1. The summed E-state index contributed by atoms with van der Waals surface area (Å²) in [5.41, 5.74) is 0. The highest BCUT2D eigenvalue weighted by Crippen LogP contribution is 2.15. The molecule has 0 spiro atoms. The Morgan fingerprint density at radius 3 is 2.54 bits per heavy atom. The molecule has 1 heterocycles. The summed E-state index contributed by atoms with van der Waals surface area (Å²) in [5, 5.41) is 3.30. The maximum atomic E-state index is 12.2. The van der Waals surface area contributed by atoms with Crippen LogP contribution in [0, 0.1) is 0 Å². The summed E-state index contributed by atoms with van der Waals surface area (Å²) in [6, 6.07) is 0.702. The van der Waals surface area contributed by atoms with E-state index in [1.165, 1.54) is 0 Å². The summed E-state index contributed by atoms with van der Waals surface area (Å²) in [6.07, 6.45) is -2.23. The van der Waals surface area contributed by atoms with Crippen molar-refractivity contribution in [1.82, 2.24) is 10.2 Å². The van der Waals surface area contributed by atoms with Gasteiger partial charge in [-0.1, -0.05) is 0 Å². The highest BCUT2D eigenvalue weighted by atomic mass is 19.3. The van der Waals surface area contributed by atoms with Crippen LogP contribution in [-0.4, -0.2) is 42.5 Å². The van der Waals surface area contributed by atoms with Gasteiger partial charge in [0.05, 0.1) is 6.54 Å². The van der Waals surface area contributed by atoms with Crippen LogP contribution in [0.4, 0.5) is 8.78 Å². The Balaban J connectivity index is 2.55. The Morgan fingerprint density at radius 1 is 1.38 bits per heavy atom.